The number of hydrogen-bond acceptors (Lipinski definition) is 6. The predicted octanol–water partition coefficient (Wildman–Crippen LogP) is 4.70. The highest BCUT2D eigenvalue weighted by atomic mass is 32.1. The first-order valence-corrected chi connectivity index (χ1v) is 10.6. The molecule has 0 spiro atoms. The lowest BCUT2D eigenvalue weighted by Crippen LogP contribution is -2.58. The van der Waals surface area contributed by atoms with Gasteiger partial charge in [0.25, 0.3) is 0 Å². The smallest absolute Gasteiger partial charge is 0.326 e. The fraction of sp³-hybridized carbons (Fsp3) is 0.364. The maximum absolute atomic E-state index is 12.4. The summed E-state index contributed by atoms with van der Waals surface area (Å²) in [5.74, 6) is 0.412. The van der Waals surface area contributed by atoms with Crippen molar-refractivity contribution in [2.24, 2.45) is 0 Å². The van der Waals surface area contributed by atoms with Crippen LogP contribution in [0.5, 0.6) is 0 Å². The minimum Gasteiger partial charge on any atom is -0.480 e. The zero-order valence-electron chi connectivity index (χ0n) is 16.3. The first kappa shape index (κ1) is 19.8. The van der Waals surface area contributed by atoms with Crippen molar-refractivity contribution in [3.05, 3.63) is 64.9 Å². The van der Waals surface area contributed by atoms with Crippen LogP contribution in [0.1, 0.15) is 36.3 Å². The summed E-state index contributed by atoms with van der Waals surface area (Å²) in [5.41, 5.74) is 0.606. The molecule has 0 bridgehead atoms. The second kappa shape index (κ2) is 8.49. The van der Waals surface area contributed by atoms with Gasteiger partial charge in [-0.2, -0.15) is 5.06 Å². The van der Waals surface area contributed by atoms with Crippen LogP contribution in [0.4, 0.5) is 0 Å². The van der Waals surface area contributed by atoms with Gasteiger partial charge >= 0.3 is 5.97 Å². The third-order valence-electron chi connectivity index (χ3n) is 5.40. The number of aromatic nitrogens is 1. The highest BCUT2D eigenvalue weighted by Gasteiger charge is 2.47. The maximum atomic E-state index is 12.4. The van der Waals surface area contributed by atoms with Gasteiger partial charge in [0.05, 0.1) is 4.88 Å². The van der Waals surface area contributed by atoms with Crippen LogP contribution >= 0.6 is 11.3 Å². The van der Waals surface area contributed by atoms with Crippen molar-refractivity contribution in [3.8, 4) is 10.8 Å². The van der Waals surface area contributed by atoms with Crippen molar-refractivity contribution in [2.45, 2.75) is 44.8 Å². The van der Waals surface area contributed by atoms with Gasteiger partial charge in [-0.25, -0.2) is 4.98 Å². The Morgan fingerprint density at radius 2 is 2.10 bits per heavy atom. The summed E-state index contributed by atoms with van der Waals surface area (Å²) in [6, 6.07) is 13.6. The van der Waals surface area contributed by atoms with E-state index in [1.54, 1.807) is 16.4 Å². The number of hydroxylamine groups is 2. The molecule has 2 aromatic heterocycles. The number of aryl methyl sites for hydroxylation is 1. The average molecular weight is 413 g/mol. The third-order valence-corrected chi connectivity index (χ3v) is 6.26. The van der Waals surface area contributed by atoms with Crippen molar-refractivity contribution in [3.63, 3.8) is 0 Å². The molecule has 1 aromatic carbocycles. The Morgan fingerprint density at radius 3 is 2.83 bits per heavy atom. The van der Waals surface area contributed by atoms with Gasteiger partial charge in [-0.05, 0) is 43.2 Å². The SMILES string of the molecule is Cc1oc(-c2cccs2)nc1CON1CCCCC1(Cc1ccccc1)C(=O)O. The van der Waals surface area contributed by atoms with Crippen LogP contribution in [-0.4, -0.2) is 33.2 Å². The molecular weight excluding hydrogens is 388 g/mol. The summed E-state index contributed by atoms with van der Waals surface area (Å²) >= 11 is 1.56. The molecule has 152 valence electrons. The van der Waals surface area contributed by atoms with Crippen LogP contribution < -0.4 is 0 Å². The number of carbonyl (C=O) groups is 1. The summed E-state index contributed by atoms with van der Waals surface area (Å²) < 4.78 is 5.78. The first-order chi connectivity index (χ1) is 14.1. The number of oxazole rings is 1. The molecule has 3 heterocycles. The van der Waals surface area contributed by atoms with E-state index in [0.717, 1.165) is 23.3 Å². The molecule has 1 aliphatic rings. The molecule has 29 heavy (non-hydrogen) atoms. The predicted molar refractivity (Wildman–Crippen MR) is 110 cm³/mol. The lowest BCUT2D eigenvalue weighted by Gasteiger charge is -2.42. The van der Waals surface area contributed by atoms with E-state index >= 15 is 0 Å². The number of rotatable bonds is 7. The monoisotopic (exact) mass is 412 g/mol. The maximum Gasteiger partial charge on any atom is 0.326 e. The molecule has 0 radical (unpaired) electrons. The number of piperidine rings is 1. The highest BCUT2D eigenvalue weighted by molar-refractivity contribution is 7.13. The second-order valence-corrected chi connectivity index (χ2v) is 8.28. The number of thiophene rings is 1. The largest absolute Gasteiger partial charge is 0.480 e. The molecule has 7 heteroatoms. The topological polar surface area (TPSA) is 75.8 Å². The van der Waals surface area contributed by atoms with Crippen LogP contribution in [0.25, 0.3) is 10.8 Å². The molecular formula is C22H24N2O4S. The van der Waals surface area contributed by atoms with Crippen molar-refractivity contribution < 1.29 is 19.2 Å². The fourth-order valence-corrected chi connectivity index (χ4v) is 4.45. The van der Waals surface area contributed by atoms with E-state index < -0.39 is 11.5 Å². The van der Waals surface area contributed by atoms with Crippen LogP contribution in [0, 0.1) is 6.92 Å². The molecule has 0 aliphatic carbocycles. The van der Waals surface area contributed by atoms with Gasteiger partial charge in [0.1, 0.15) is 23.6 Å². The summed E-state index contributed by atoms with van der Waals surface area (Å²) in [5, 5.41) is 13.8. The lowest BCUT2D eigenvalue weighted by atomic mass is 9.83. The standard InChI is InChI=1S/C22H24N2O4S/c1-16-18(23-20(28-16)19-10-7-13-29-19)15-27-24-12-6-5-11-22(24,21(25)26)14-17-8-3-2-4-9-17/h2-4,7-10,13H,5-6,11-12,14-15H2,1H3,(H,25,26). The van der Waals surface area contributed by atoms with Crippen LogP contribution in [0.3, 0.4) is 0 Å². The van der Waals surface area contributed by atoms with Crippen molar-refractivity contribution in [1.29, 1.82) is 0 Å². The molecule has 4 rings (SSSR count). The van der Waals surface area contributed by atoms with Gasteiger partial charge in [0.2, 0.25) is 5.89 Å². The molecule has 0 saturated carbocycles. The Morgan fingerprint density at radius 1 is 1.28 bits per heavy atom. The minimum atomic E-state index is -1.08. The number of hydrogen-bond donors (Lipinski definition) is 1. The second-order valence-electron chi connectivity index (χ2n) is 7.33. The van der Waals surface area contributed by atoms with Crippen LogP contribution in [0.15, 0.2) is 52.3 Å². The number of carboxylic acids is 1. The molecule has 1 fully saturated rings. The number of aliphatic carboxylic acids is 1. The molecule has 1 unspecified atom stereocenters. The van der Waals surface area contributed by atoms with Gasteiger partial charge in [-0.1, -0.05) is 36.4 Å². The molecule has 6 nitrogen and oxygen atoms in total. The van der Waals surface area contributed by atoms with Gasteiger partial charge in [-0.3, -0.25) is 9.63 Å². The van der Waals surface area contributed by atoms with Crippen molar-refractivity contribution in [1.82, 2.24) is 10.0 Å². The van der Waals surface area contributed by atoms with Crippen LogP contribution in [0.2, 0.25) is 0 Å². The molecule has 1 aliphatic heterocycles. The van der Waals surface area contributed by atoms with Crippen LogP contribution in [-0.2, 0) is 22.7 Å². The number of carboxylic acid groups (broad SMARTS) is 1. The molecule has 1 atom stereocenters. The molecule has 1 N–H and O–H groups in total. The van der Waals surface area contributed by atoms with Gasteiger partial charge < -0.3 is 9.52 Å². The van der Waals surface area contributed by atoms with E-state index in [2.05, 4.69) is 4.98 Å². The van der Waals surface area contributed by atoms with Crippen molar-refractivity contribution in [2.75, 3.05) is 6.54 Å². The Bertz CT molecular complexity index is 955. The Hall–Kier alpha value is -2.48. The van der Waals surface area contributed by atoms with E-state index in [9.17, 15) is 9.90 Å². The summed E-state index contributed by atoms with van der Waals surface area (Å²) in [7, 11) is 0. The third kappa shape index (κ3) is 4.12. The molecule has 3 aromatic rings. The summed E-state index contributed by atoms with van der Waals surface area (Å²) in [6.07, 6.45) is 2.73. The Balaban J connectivity index is 1.53. The molecule has 0 amide bonds. The zero-order chi connectivity index (χ0) is 20.3. The van der Waals surface area contributed by atoms with Crippen molar-refractivity contribution >= 4 is 17.3 Å². The van der Waals surface area contributed by atoms with E-state index in [1.807, 2.05) is 54.8 Å². The van der Waals surface area contributed by atoms with E-state index in [1.165, 1.54) is 0 Å². The summed E-state index contributed by atoms with van der Waals surface area (Å²) in [4.78, 5) is 24.0. The Kier molecular flexibility index (Phi) is 5.80. The summed E-state index contributed by atoms with van der Waals surface area (Å²) in [6.45, 7) is 2.62. The van der Waals surface area contributed by atoms with E-state index in [-0.39, 0.29) is 6.61 Å². The lowest BCUT2D eigenvalue weighted by molar-refractivity contribution is -0.248. The van der Waals surface area contributed by atoms with E-state index in [4.69, 9.17) is 9.25 Å². The highest BCUT2D eigenvalue weighted by Crippen LogP contribution is 2.33. The van der Waals surface area contributed by atoms with Gasteiger partial charge in [0.15, 0.2) is 0 Å². The fourth-order valence-electron chi connectivity index (χ4n) is 3.81. The number of nitrogens with zero attached hydrogens (tertiary/aromatic N) is 2. The van der Waals surface area contributed by atoms with Gasteiger partial charge in [-0.15, -0.1) is 11.3 Å². The molecule has 1 saturated heterocycles. The minimum absolute atomic E-state index is 0.185. The quantitative estimate of drug-likeness (QED) is 0.606. The van der Waals surface area contributed by atoms with Gasteiger partial charge in [0, 0.05) is 13.0 Å². The normalized spacial score (nSPS) is 20.0. The zero-order valence-corrected chi connectivity index (χ0v) is 17.2. The Labute approximate surface area is 173 Å². The average Bonchev–Trinajstić information content (AvgIpc) is 3.38. The number of benzene rings is 1. The first-order valence-electron chi connectivity index (χ1n) is 9.76. The van der Waals surface area contributed by atoms with E-state index in [0.29, 0.717) is 36.7 Å².